The number of nitrogens with zero attached hydrogens (tertiary/aromatic N) is 1. The van der Waals surface area contributed by atoms with Gasteiger partial charge in [-0.3, -0.25) is 4.79 Å². The first-order valence-electron chi connectivity index (χ1n) is 5.96. The molecule has 0 aliphatic carbocycles. The van der Waals surface area contributed by atoms with Crippen molar-refractivity contribution >= 4 is 5.91 Å². The maximum Gasteiger partial charge on any atom is 0.417 e. The maximum atomic E-state index is 12.9. The first-order chi connectivity index (χ1) is 8.89. The highest BCUT2D eigenvalue weighted by atomic mass is 19.4. The minimum atomic E-state index is -4.52. The first kappa shape index (κ1) is 13.9. The molecule has 1 fully saturated rings. The van der Waals surface area contributed by atoms with E-state index in [1.54, 1.807) is 6.92 Å². The second kappa shape index (κ2) is 5.21. The molecule has 0 N–H and O–H groups in total. The summed E-state index contributed by atoms with van der Waals surface area (Å²) in [7, 11) is 0. The molecule has 0 bridgehead atoms. The van der Waals surface area contributed by atoms with Crippen LogP contribution in [0.15, 0.2) is 24.3 Å². The molecule has 19 heavy (non-hydrogen) atoms. The lowest BCUT2D eigenvalue weighted by atomic mass is 10.1. The van der Waals surface area contributed by atoms with E-state index in [4.69, 9.17) is 4.74 Å². The third-order valence-corrected chi connectivity index (χ3v) is 2.99. The molecule has 1 saturated heterocycles. The lowest BCUT2D eigenvalue weighted by molar-refractivity contribution is -0.138. The van der Waals surface area contributed by atoms with E-state index in [0.717, 1.165) is 6.07 Å². The molecule has 1 atom stereocenters. The van der Waals surface area contributed by atoms with Gasteiger partial charge in [-0.1, -0.05) is 12.1 Å². The lowest BCUT2D eigenvalue weighted by Gasteiger charge is -2.31. The van der Waals surface area contributed by atoms with Crippen LogP contribution in [0.25, 0.3) is 0 Å². The summed E-state index contributed by atoms with van der Waals surface area (Å²) in [6.07, 6.45) is -4.68. The lowest BCUT2D eigenvalue weighted by Crippen LogP contribution is -2.45. The van der Waals surface area contributed by atoms with Gasteiger partial charge in [-0.2, -0.15) is 13.2 Å². The fourth-order valence-corrected chi connectivity index (χ4v) is 2.09. The summed E-state index contributed by atoms with van der Waals surface area (Å²) in [6, 6.07) is 4.86. The van der Waals surface area contributed by atoms with Crippen LogP contribution in [-0.2, 0) is 10.9 Å². The van der Waals surface area contributed by atoms with Gasteiger partial charge in [-0.15, -0.1) is 0 Å². The third-order valence-electron chi connectivity index (χ3n) is 2.99. The van der Waals surface area contributed by atoms with E-state index in [9.17, 15) is 18.0 Å². The molecule has 1 aliphatic rings. The number of carbonyl (C=O) groups excluding carboxylic acids is 1. The normalized spacial score (nSPS) is 20.4. The number of carbonyl (C=O) groups is 1. The monoisotopic (exact) mass is 273 g/mol. The Kier molecular flexibility index (Phi) is 3.80. The van der Waals surface area contributed by atoms with E-state index in [1.165, 1.54) is 23.1 Å². The van der Waals surface area contributed by atoms with Gasteiger partial charge in [0.15, 0.2) is 0 Å². The Morgan fingerprint density at radius 3 is 2.68 bits per heavy atom. The Balaban J connectivity index is 2.29. The van der Waals surface area contributed by atoms with Crippen molar-refractivity contribution in [3.05, 3.63) is 35.4 Å². The quantitative estimate of drug-likeness (QED) is 0.787. The molecule has 0 saturated carbocycles. The average Bonchev–Trinajstić information content (AvgIpc) is 2.37. The molecular formula is C13H14F3NO2. The summed E-state index contributed by atoms with van der Waals surface area (Å²) in [5.74, 6) is -0.594. The smallest absolute Gasteiger partial charge is 0.375 e. The van der Waals surface area contributed by atoms with E-state index in [0.29, 0.717) is 19.7 Å². The van der Waals surface area contributed by atoms with Crippen molar-refractivity contribution in [1.82, 2.24) is 4.90 Å². The van der Waals surface area contributed by atoms with Crippen molar-refractivity contribution in [3.63, 3.8) is 0 Å². The van der Waals surface area contributed by atoms with Crippen LogP contribution in [0.5, 0.6) is 0 Å². The molecule has 3 nitrogen and oxygen atoms in total. The average molecular weight is 273 g/mol. The van der Waals surface area contributed by atoms with Crippen molar-refractivity contribution in [1.29, 1.82) is 0 Å². The van der Waals surface area contributed by atoms with Crippen LogP contribution in [0.3, 0.4) is 0 Å². The minimum Gasteiger partial charge on any atom is -0.375 e. The van der Waals surface area contributed by atoms with Crippen molar-refractivity contribution in [3.8, 4) is 0 Å². The van der Waals surface area contributed by atoms with Crippen molar-refractivity contribution in [2.45, 2.75) is 19.2 Å². The SMILES string of the molecule is CC1CN(C(=O)c2ccccc2C(F)(F)F)CCO1. The van der Waals surface area contributed by atoms with Gasteiger partial charge in [0.25, 0.3) is 5.91 Å². The highest BCUT2D eigenvalue weighted by molar-refractivity contribution is 5.96. The summed E-state index contributed by atoms with van der Waals surface area (Å²) < 4.78 is 43.8. The van der Waals surface area contributed by atoms with Crippen LogP contribution in [0.2, 0.25) is 0 Å². The summed E-state index contributed by atoms with van der Waals surface area (Å²) in [4.78, 5) is 13.6. The zero-order valence-corrected chi connectivity index (χ0v) is 10.4. The molecule has 1 aromatic rings. The number of hydrogen-bond donors (Lipinski definition) is 0. The van der Waals surface area contributed by atoms with E-state index in [2.05, 4.69) is 0 Å². The summed E-state index contributed by atoms with van der Waals surface area (Å²) in [5.41, 5.74) is -1.19. The van der Waals surface area contributed by atoms with Gasteiger partial charge in [-0.25, -0.2) is 0 Å². The van der Waals surface area contributed by atoms with Gasteiger partial charge in [0.1, 0.15) is 0 Å². The largest absolute Gasteiger partial charge is 0.417 e. The van der Waals surface area contributed by atoms with E-state index in [1.807, 2.05) is 0 Å². The van der Waals surface area contributed by atoms with Crippen LogP contribution in [-0.4, -0.2) is 36.6 Å². The van der Waals surface area contributed by atoms with Gasteiger partial charge in [0, 0.05) is 13.1 Å². The van der Waals surface area contributed by atoms with Gasteiger partial charge < -0.3 is 9.64 Å². The standard InChI is InChI=1S/C13H14F3NO2/c1-9-8-17(6-7-19-9)12(18)10-4-2-3-5-11(10)13(14,15)16/h2-5,9H,6-8H2,1H3. The fourth-order valence-electron chi connectivity index (χ4n) is 2.09. The van der Waals surface area contributed by atoms with Gasteiger partial charge in [0.05, 0.1) is 23.8 Å². The van der Waals surface area contributed by atoms with Crippen LogP contribution in [0.4, 0.5) is 13.2 Å². The van der Waals surface area contributed by atoms with Crippen LogP contribution < -0.4 is 0 Å². The molecule has 0 aromatic heterocycles. The molecule has 104 valence electrons. The minimum absolute atomic E-state index is 0.157. The summed E-state index contributed by atoms with van der Waals surface area (Å²) in [6.45, 7) is 2.76. The zero-order chi connectivity index (χ0) is 14.0. The number of benzene rings is 1. The molecule has 2 rings (SSSR count). The Bertz CT molecular complexity index is 473. The topological polar surface area (TPSA) is 29.5 Å². The highest BCUT2D eigenvalue weighted by Gasteiger charge is 2.36. The van der Waals surface area contributed by atoms with Gasteiger partial charge in [-0.05, 0) is 19.1 Å². The Labute approximate surface area is 109 Å². The number of halogens is 3. The second-order valence-electron chi connectivity index (χ2n) is 4.48. The zero-order valence-electron chi connectivity index (χ0n) is 10.4. The molecule has 1 aromatic carbocycles. The summed E-state index contributed by atoms with van der Waals surface area (Å²) >= 11 is 0. The number of rotatable bonds is 1. The third kappa shape index (κ3) is 3.07. The number of alkyl halides is 3. The molecule has 1 amide bonds. The molecule has 0 radical (unpaired) electrons. The number of morpholine rings is 1. The number of hydrogen-bond acceptors (Lipinski definition) is 2. The van der Waals surface area contributed by atoms with Crippen LogP contribution in [0, 0.1) is 0 Å². The predicted molar refractivity (Wildman–Crippen MR) is 62.8 cm³/mol. The maximum absolute atomic E-state index is 12.9. The molecule has 1 unspecified atom stereocenters. The highest BCUT2D eigenvalue weighted by Crippen LogP contribution is 2.32. The van der Waals surface area contributed by atoms with E-state index >= 15 is 0 Å². The second-order valence-corrected chi connectivity index (χ2v) is 4.48. The van der Waals surface area contributed by atoms with Crippen molar-refractivity contribution in [2.75, 3.05) is 19.7 Å². The number of amides is 1. The summed E-state index contributed by atoms with van der Waals surface area (Å²) in [5, 5.41) is 0. The Morgan fingerprint density at radius 2 is 2.05 bits per heavy atom. The van der Waals surface area contributed by atoms with Gasteiger partial charge >= 0.3 is 6.18 Å². The fraction of sp³-hybridized carbons (Fsp3) is 0.462. The molecule has 6 heteroatoms. The van der Waals surface area contributed by atoms with Crippen molar-refractivity contribution < 1.29 is 22.7 Å². The Morgan fingerprint density at radius 1 is 1.37 bits per heavy atom. The van der Waals surface area contributed by atoms with Crippen LogP contribution >= 0.6 is 0 Å². The van der Waals surface area contributed by atoms with Gasteiger partial charge in [0.2, 0.25) is 0 Å². The van der Waals surface area contributed by atoms with E-state index < -0.39 is 17.6 Å². The van der Waals surface area contributed by atoms with Crippen LogP contribution in [0.1, 0.15) is 22.8 Å². The van der Waals surface area contributed by atoms with E-state index in [-0.39, 0.29) is 11.7 Å². The van der Waals surface area contributed by atoms with Crippen molar-refractivity contribution in [2.24, 2.45) is 0 Å². The first-order valence-corrected chi connectivity index (χ1v) is 5.96. The molecular weight excluding hydrogens is 259 g/mol. The predicted octanol–water partition coefficient (Wildman–Crippen LogP) is 2.57. The molecule has 1 heterocycles. The number of ether oxygens (including phenoxy) is 1. The molecule has 1 aliphatic heterocycles. The Hall–Kier alpha value is -1.56. The molecule has 0 spiro atoms.